The number of fused-ring (bicyclic) bond motifs is 1. The molecule has 0 spiro atoms. The molecule has 0 aliphatic carbocycles. The summed E-state index contributed by atoms with van der Waals surface area (Å²) in [6.07, 6.45) is 3.58. The average Bonchev–Trinajstić information content (AvgIpc) is 3.31. The van der Waals surface area contributed by atoms with E-state index in [9.17, 15) is 4.79 Å². The van der Waals surface area contributed by atoms with E-state index in [1.807, 2.05) is 49.1 Å². The van der Waals surface area contributed by atoms with Gasteiger partial charge in [-0.2, -0.15) is 0 Å². The summed E-state index contributed by atoms with van der Waals surface area (Å²) >= 11 is 0. The number of aromatic nitrogens is 1. The summed E-state index contributed by atoms with van der Waals surface area (Å²) in [5, 5.41) is 0. The first-order valence-electron chi connectivity index (χ1n) is 8.38. The summed E-state index contributed by atoms with van der Waals surface area (Å²) < 4.78 is 11.2. The normalized spacial score (nSPS) is 18.0. The fourth-order valence-electron chi connectivity index (χ4n) is 3.28. The maximum atomic E-state index is 13.0. The van der Waals surface area contributed by atoms with Crippen LogP contribution in [0, 0.1) is 0 Å². The number of oxazole rings is 1. The van der Waals surface area contributed by atoms with Crippen LogP contribution in [0.4, 0.5) is 0 Å². The van der Waals surface area contributed by atoms with E-state index >= 15 is 0 Å². The lowest BCUT2D eigenvalue weighted by Crippen LogP contribution is -2.30. The molecule has 1 fully saturated rings. The van der Waals surface area contributed by atoms with E-state index in [1.54, 1.807) is 6.26 Å². The summed E-state index contributed by atoms with van der Waals surface area (Å²) in [5.41, 5.74) is 2.10. The summed E-state index contributed by atoms with van der Waals surface area (Å²) in [7, 11) is 0. The molecule has 1 aromatic carbocycles. The molecule has 2 aromatic heterocycles. The molecule has 0 unspecified atom stereocenters. The van der Waals surface area contributed by atoms with E-state index < -0.39 is 0 Å². The minimum atomic E-state index is 0.0184. The van der Waals surface area contributed by atoms with Crippen LogP contribution in [0.2, 0.25) is 0 Å². The van der Waals surface area contributed by atoms with Gasteiger partial charge in [0.05, 0.1) is 12.3 Å². The van der Waals surface area contributed by atoms with Crippen molar-refractivity contribution in [3.05, 3.63) is 53.8 Å². The van der Waals surface area contributed by atoms with Crippen LogP contribution in [0.1, 0.15) is 60.7 Å². The summed E-state index contributed by atoms with van der Waals surface area (Å²) in [4.78, 5) is 19.3. The zero-order chi connectivity index (χ0) is 16.7. The predicted octanol–water partition coefficient (Wildman–Crippen LogP) is 4.52. The molecule has 3 heterocycles. The second-order valence-electron chi connectivity index (χ2n) is 6.56. The van der Waals surface area contributed by atoms with E-state index in [0.29, 0.717) is 11.5 Å². The maximum Gasteiger partial charge on any atom is 0.254 e. The fraction of sp³-hybridized carbons (Fsp3) is 0.368. The molecular weight excluding hydrogens is 304 g/mol. The minimum Gasteiger partial charge on any atom is -0.467 e. The van der Waals surface area contributed by atoms with Gasteiger partial charge in [-0.1, -0.05) is 13.8 Å². The largest absolute Gasteiger partial charge is 0.467 e. The van der Waals surface area contributed by atoms with E-state index in [-0.39, 0.29) is 17.9 Å². The second kappa shape index (κ2) is 5.82. The Morgan fingerprint density at radius 3 is 2.96 bits per heavy atom. The second-order valence-corrected chi connectivity index (χ2v) is 6.56. The highest BCUT2D eigenvalue weighted by Gasteiger charge is 2.32. The van der Waals surface area contributed by atoms with Crippen LogP contribution >= 0.6 is 0 Å². The molecule has 24 heavy (non-hydrogen) atoms. The van der Waals surface area contributed by atoms with Crippen molar-refractivity contribution in [1.29, 1.82) is 0 Å². The lowest BCUT2D eigenvalue weighted by atomic mass is 10.1. The molecule has 3 aromatic rings. The SMILES string of the molecule is CC(C)c1nc2cc(C(=O)N3CCC[C@@H]3c3ccco3)ccc2o1. The lowest BCUT2D eigenvalue weighted by molar-refractivity contribution is 0.0720. The lowest BCUT2D eigenvalue weighted by Gasteiger charge is -2.23. The molecule has 0 bridgehead atoms. The first-order valence-corrected chi connectivity index (χ1v) is 8.38. The van der Waals surface area contributed by atoms with Crippen LogP contribution in [0.15, 0.2) is 45.4 Å². The monoisotopic (exact) mass is 324 g/mol. The van der Waals surface area contributed by atoms with Gasteiger partial charge in [0.1, 0.15) is 11.3 Å². The molecule has 1 amide bonds. The highest BCUT2D eigenvalue weighted by Crippen LogP contribution is 2.33. The molecule has 124 valence electrons. The molecule has 1 aliphatic heterocycles. The Morgan fingerprint density at radius 1 is 1.33 bits per heavy atom. The van der Waals surface area contributed by atoms with Crippen LogP contribution in [-0.2, 0) is 0 Å². The van der Waals surface area contributed by atoms with Gasteiger partial charge in [-0.05, 0) is 43.2 Å². The van der Waals surface area contributed by atoms with E-state index in [0.717, 1.165) is 36.2 Å². The Labute approximate surface area is 140 Å². The number of hydrogen-bond donors (Lipinski definition) is 0. The first kappa shape index (κ1) is 15.0. The van der Waals surface area contributed by atoms with Gasteiger partial charge in [0.15, 0.2) is 11.5 Å². The highest BCUT2D eigenvalue weighted by molar-refractivity contribution is 5.97. The van der Waals surface area contributed by atoms with Gasteiger partial charge in [-0.3, -0.25) is 4.79 Å². The number of likely N-dealkylation sites (tertiary alicyclic amines) is 1. The van der Waals surface area contributed by atoms with Crippen LogP contribution in [0.3, 0.4) is 0 Å². The molecular formula is C19H20N2O3. The number of furan rings is 1. The third kappa shape index (κ3) is 2.50. The van der Waals surface area contributed by atoms with Crippen molar-refractivity contribution in [2.75, 3.05) is 6.54 Å². The van der Waals surface area contributed by atoms with Gasteiger partial charge in [0.2, 0.25) is 0 Å². The van der Waals surface area contributed by atoms with Gasteiger partial charge in [0, 0.05) is 18.0 Å². The van der Waals surface area contributed by atoms with Crippen LogP contribution in [0.5, 0.6) is 0 Å². The molecule has 0 N–H and O–H groups in total. The number of benzene rings is 1. The molecule has 1 atom stereocenters. The third-order valence-electron chi connectivity index (χ3n) is 4.53. The number of carbonyl (C=O) groups is 1. The van der Waals surface area contributed by atoms with Crippen molar-refractivity contribution >= 4 is 17.0 Å². The number of hydrogen-bond acceptors (Lipinski definition) is 4. The standard InChI is InChI=1S/C19H20N2O3/c1-12(2)18-20-14-11-13(7-8-16(14)24-18)19(22)21-9-3-5-15(21)17-6-4-10-23-17/h4,6-8,10-12,15H,3,5,9H2,1-2H3/t15-/m1/s1. The predicted molar refractivity (Wildman–Crippen MR) is 89.8 cm³/mol. The van der Waals surface area contributed by atoms with Crippen molar-refractivity contribution in [1.82, 2.24) is 9.88 Å². The Bertz CT molecular complexity index is 864. The van der Waals surface area contributed by atoms with Crippen LogP contribution < -0.4 is 0 Å². The number of nitrogens with zero attached hydrogens (tertiary/aromatic N) is 2. The molecule has 0 saturated carbocycles. The van der Waals surface area contributed by atoms with E-state index in [1.165, 1.54) is 0 Å². The Hall–Kier alpha value is -2.56. The zero-order valence-electron chi connectivity index (χ0n) is 13.9. The van der Waals surface area contributed by atoms with Gasteiger partial charge in [0.25, 0.3) is 5.91 Å². The average molecular weight is 324 g/mol. The topological polar surface area (TPSA) is 59.5 Å². The van der Waals surface area contributed by atoms with Crippen molar-refractivity contribution in [2.45, 2.75) is 38.6 Å². The highest BCUT2D eigenvalue weighted by atomic mass is 16.3. The molecule has 5 nitrogen and oxygen atoms in total. The number of carbonyl (C=O) groups excluding carboxylic acids is 1. The van der Waals surface area contributed by atoms with Crippen molar-refractivity contribution in [3.8, 4) is 0 Å². The number of amides is 1. The summed E-state index contributed by atoms with van der Waals surface area (Å²) in [6, 6.07) is 9.30. The van der Waals surface area contributed by atoms with Crippen molar-refractivity contribution < 1.29 is 13.6 Å². The summed E-state index contributed by atoms with van der Waals surface area (Å²) in [5.74, 6) is 1.79. The minimum absolute atomic E-state index is 0.0184. The third-order valence-corrected chi connectivity index (χ3v) is 4.53. The Balaban J connectivity index is 1.65. The molecule has 0 radical (unpaired) electrons. The molecule has 1 aliphatic rings. The van der Waals surface area contributed by atoms with Gasteiger partial charge in [-0.25, -0.2) is 4.98 Å². The van der Waals surface area contributed by atoms with Gasteiger partial charge < -0.3 is 13.7 Å². The van der Waals surface area contributed by atoms with Crippen molar-refractivity contribution in [3.63, 3.8) is 0 Å². The van der Waals surface area contributed by atoms with Gasteiger partial charge >= 0.3 is 0 Å². The Kier molecular flexibility index (Phi) is 3.63. The number of rotatable bonds is 3. The first-order chi connectivity index (χ1) is 11.6. The summed E-state index contributed by atoms with van der Waals surface area (Å²) in [6.45, 7) is 4.82. The van der Waals surface area contributed by atoms with Crippen LogP contribution in [-0.4, -0.2) is 22.3 Å². The maximum absolute atomic E-state index is 13.0. The quantitative estimate of drug-likeness (QED) is 0.710. The van der Waals surface area contributed by atoms with Gasteiger partial charge in [-0.15, -0.1) is 0 Å². The molecule has 1 saturated heterocycles. The zero-order valence-corrected chi connectivity index (χ0v) is 13.9. The van der Waals surface area contributed by atoms with E-state index in [2.05, 4.69) is 4.98 Å². The smallest absolute Gasteiger partial charge is 0.254 e. The van der Waals surface area contributed by atoms with Crippen molar-refractivity contribution in [2.24, 2.45) is 0 Å². The Morgan fingerprint density at radius 2 is 2.21 bits per heavy atom. The molecule has 4 rings (SSSR count). The van der Waals surface area contributed by atoms with Crippen LogP contribution in [0.25, 0.3) is 11.1 Å². The van der Waals surface area contributed by atoms with E-state index in [4.69, 9.17) is 8.83 Å². The fourth-order valence-corrected chi connectivity index (χ4v) is 3.28. The molecule has 5 heteroatoms.